The number of carbonyl (C=O) groups is 1. The van der Waals surface area contributed by atoms with Crippen LogP contribution in [0.2, 0.25) is 0 Å². The molecular formula is C8H13N3OS. The van der Waals surface area contributed by atoms with Gasteiger partial charge in [0.25, 0.3) is 0 Å². The van der Waals surface area contributed by atoms with E-state index in [2.05, 4.69) is 10.6 Å². The van der Waals surface area contributed by atoms with Crippen molar-refractivity contribution in [2.24, 2.45) is 0 Å². The summed E-state index contributed by atoms with van der Waals surface area (Å²) in [5.41, 5.74) is 0. The van der Waals surface area contributed by atoms with Crippen molar-refractivity contribution in [3.05, 3.63) is 0 Å². The van der Waals surface area contributed by atoms with E-state index in [1.54, 1.807) is 18.0 Å². The van der Waals surface area contributed by atoms with Crippen LogP contribution in [0.1, 0.15) is 12.8 Å². The monoisotopic (exact) mass is 199 g/mol. The Balaban J connectivity index is 2.10. The minimum absolute atomic E-state index is 0.189. The number of rotatable bonds is 3. The first-order valence-electron chi connectivity index (χ1n) is 4.33. The van der Waals surface area contributed by atoms with Gasteiger partial charge in [-0.3, -0.25) is 10.1 Å². The van der Waals surface area contributed by atoms with Crippen LogP contribution in [0.25, 0.3) is 0 Å². The molecule has 0 atom stereocenters. The first-order valence-corrected chi connectivity index (χ1v) is 5.38. The molecule has 0 aliphatic carbocycles. The summed E-state index contributed by atoms with van der Waals surface area (Å²) in [6, 6.07) is 0. The van der Waals surface area contributed by atoms with Gasteiger partial charge in [0.05, 0.1) is 5.75 Å². The van der Waals surface area contributed by atoms with Crippen molar-refractivity contribution in [3.8, 4) is 6.19 Å². The third-order valence-electron chi connectivity index (χ3n) is 1.93. The zero-order valence-electron chi connectivity index (χ0n) is 7.38. The highest BCUT2D eigenvalue weighted by Crippen LogP contribution is 2.19. The number of piperidine rings is 1. The van der Waals surface area contributed by atoms with Crippen LogP contribution in [0.5, 0.6) is 0 Å². The SMILES string of the molecule is N#CNC(=O)CSC1CCNCC1. The fourth-order valence-corrected chi connectivity index (χ4v) is 2.28. The molecule has 0 unspecified atom stereocenters. The minimum atomic E-state index is -0.189. The lowest BCUT2D eigenvalue weighted by Gasteiger charge is -2.21. The molecule has 4 nitrogen and oxygen atoms in total. The molecule has 2 N–H and O–H groups in total. The summed E-state index contributed by atoms with van der Waals surface area (Å²) in [4.78, 5) is 10.9. The van der Waals surface area contributed by atoms with E-state index in [1.165, 1.54) is 0 Å². The molecular weight excluding hydrogens is 186 g/mol. The van der Waals surface area contributed by atoms with Gasteiger partial charge in [-0.25, -0.2) is 0 Å². The Hall–Kier alpha value is -0.730. The van der Waals surface area contributed by atoms with Crippen LogP contribution in [0.3, 0.4) is 0 Å². The average Bonchev–Trinajstić information content (AvgIpc) is 2.17. The zero-order chi connectivity index (χ0) is 9.52. The van der Waals surface area contributed by atoms with Crippen LogP contribution >= 0.6 is 11.8 Å². The second-order valence-electron chi connectivity index (χ2n) is 2.92. The van der Waals surface area contributed by atoms with Gasteiger partial charge >= 0.3 is 0 Å². The third kappa shape index (κ3) is 4.15. The summed E-state index contributed by atoms with van der Waals surface area (Å²) >= 11 is 1.64. The second kappa shape index (κ2) is 5.84. The van der Waals surface area contributed by atoms with Gasteiger partial charge in [0, 0.05) is 5.25 Å². The normalized spacial score (nSPS) is 17.8. The average molecular weight is 199 g/mol. The van der Waals surface area contributed by atoms with Crippen molar-refractivity contribution in [2.75, 3.05) is 18.8 Å². The van der Waals surface area contributed by atoms with Gasteiger partial charge in [-0.15, -0.1) is 11.8 Å². The van der Waals surface area contributed by atoms with Crippen molar-refractivity contribution in [1.29, 1.82) is 5.26 Å². The van der Waals surface area contributed by atoms with E-state index >= 15 is 0 Å². The second-order valence-corrected chi connectivity index (χ2v) is 4.21. The number of nitrogens with zero attached hydrogens (tertiary/aromatic N) is 1. The highest BCUT2D eigenvalue weighted by atomic mass is 32.2. The first-order chi connectivity index (χ1) is 6.33. The smallest absolute Gasteiger partial charge is 0.242 e. The topological polar surface area (TPSA) is 64.9 Å². The van der Waals surface area contributed by atoms with E-state index in [0.29, 0.717) is 11.0 Å². The van der Waals surface area contributed by atoms with E-state index in [9.17, 15) is 4.79 Å². The summed E-state index contributed by atoms with van der Waals surface area (Å²) in [6.07, 6.45) is 3.86. The van der Waals surface area contributed by atoms with Crippen molar-refractivity contribution >= 4 is 17.7 Å². The van der Waals surface area contributed by atoms with E-state index in [1.807, 2.05) is 0 Å². The van der Waals surface area contributed by atoms with Crippen LogP contribution in [0.15, 0.2) is 0 Å². The van der Waals surface area contributed by atoms with Crippen molar-refractivity contribution in [1.82, 2.24) is 10.6 Å². The van der Waals surface area contributed by atoms with E-state index in [0.717, 1.165) is 25.9 Å². The van der Waals surface area contributed by atoms with Crippen LogP contribution in [-0.4, -0.2) is 30.0 Å². The highest BCUT2D eigenvalue weighted by molar-refractivity contribution is 8.00. The van der Waals surface area contributed by atoms with Crippen LogP contribution in [0.4, 0.5) is 0 Å². The lowest BCUT2D eigenvalue weighted by molar-refractivity contribution is -0.117. The van der Waals surface area contributed by atoms with Gasteiger partial charge < -0.3 is 5.32 Å². The number of hydrogen-bond donors (Lipinski definition) is 2. The highest BCUT2D eigenvalue weighted by Gasteiger charge is 2.14. The summed E-state index contributed by atoms with van der Waals surface area (Å²) in [5, 5.41) is 14.1. The molecule has 0 aromatic rings. The predicted octanol–water partition coefficient (Wildman–Crippen LogP) is 0.0689. The molecule has 1 heterocycles. The lowest BCUT2D eigenvalue weighted by atomic mass is 10.2. The maximum absolute atomic E-state index is 10.9. The Bertz CT molecular complexity index is 208. The van der Waals surface area contributed by atoms with Crippen molar-refractivity contribution in [3.63, 3.8) is 0 Å². The molecule has 72 valence electrons. The Morgan fingerprint density at radius 1 is 1.62 bits per heavy atom. The minimum Gasteiger partial charge on any atom is -0.317 e. The molecule has 13 heavy (non-hydrogen) atoms. The quantitative estimate of drug-likeness (QED) is 0.498. The standard InChI is InChI=1S/C8H13N3OS/c9-6-11-8(12)5-13-7-1-3-10-4-2-7/h7,10H,1-5H2,(H,11,12). The molecule has 0 radical (unpaired) electrons. The number of hydrogen-bond acceptors (Lipinski definition) is 4. The molecule has 5 heteroatoms. The van der Waals surface area contributed by atoms with E-state index < -0.39 is 0 Å². The summed E-state index contributed by atoms with van der Waals surface area (Å²) in [6.45, 7) is 2.08. The molecule has 0 aromatic carbocycles. The Morgan fingerprint density at radius 3 is 2.92 bits per heavy atom. The maximum atomic E-state index is 10.9. The van der Waals surface area contributed by atoms with E-state index in [-0.39, 0.29) is 5.91 Å². The van der Waals surface area contributed by atoms with Gasteiger partial charge in [0.1, 0.15) is 0 Å². The largest absolute Gasteiger partial charge is 0.317 e. The summed E-state index contributed by atoms with van der Waals surface area (Å²) < 4.78 is 0. The molecule has 0 spiro atoms. The fourth-order valence-electron chi connectivity index (χ4n) is 1.25. The molecule has 1 fully saturated rings. The molecule has 0 saturated carbocycles. The van der Waals surface area contributed by atoms with Gasteiger partial charge in [-0.1, -0.05) is 0 Å². The summed E-state index contributed by atoms with van der Waals surface area (Å²) in [5.74, 6) is 0.212. The number of carbonyl (C=O) groups excluding carboxylic acids is 1. The number of nitrogens with one attached hydrogen (secondary N) is 2. The van der Waals surface area contributed by atoms with Gasteiger partial charge in [0.15, 0.2) is 6.19 Å². The predicted molar refractivity (Wildman–Crippen MR) is 52.1 cm³/mol. The van der Waals surface area contributed by atoms with Crippen LogP contribution in [-0.2, 0) is 4.79 Å². The molecule has 0 bridgehead atoms. The van der Waals surface area contributed by atoms with Crippen LogP contribution < -0.4 is 10.6 Å². The van der Waals surface area contributed by atoms with Crippen molar-refractivity contribution in [2.45, 2.75) is 18.1 Å². The Kier molecular flexibility index (Phi) is 4.65. The zero-order valence-corrected chi connectivity index (χ0v) is 8.19. The fraction of sp³-hybridized carbons (Fsp3) is 0.750. The van der Waals surface area contributed by atoms with Gasteiger partial charge in [-0.2, -0.15) is 5.26 Å². The number of amides is 1. The van der Waals surface area contributed by atoms with Crippen LogP contribution in [0, 0.1) is 11.5 Å². The Morgan fingerprint density at radius 2 is 2.31 bits per heavy atom. The molecule has 1 rings (SSSR count). The lowest BCUT2D eigenvalue weighted by Crippen LogP contribution is -2.30. The maximum Gasteiger partial charge on any atom is 0.242 e. The number of nitriles is 1. The molecule has 1 amide bonds. The number of thioether (sulfide) groups is 1. The summed E-state index contributed by atoms with van der Waals surface area (Å²) in [7, 11) is 0. The Labute approximate surface area is 82.1 Å². The molecule has 1 aliphatic rings. The van der Waals surface area contributed by atoms with Gasteiger partial charge in [0.2, 0.25) is 5.91 Å². The third-order valence-corrected chi connectivity index (χ3v) is 3.30. The molecule has 1 saturated heterocycles. The van der Waals surface area contributed by atoms with E-state index in [4.69, 9.17) is 5.26 Å². The molecule has 1 aliphatic heterocycles. The van der Waals surface area contributed by atoms with Gasteiger partial charge in [-0.05, 0) is 25.9 Å². The first kappa shape index (κ1) is 10.4. The molecule has 0 aromatic heterocycles. The van der Waals surface area contributed by atoms with Crippen molar-refractivity contribution < 1.29 is 4.79 Å².